The van der Waals surface area contributed by atoms with Gasteiger partial charge in [-0.15, -0.1) is 24.0 Å². The molecule has 0 saturated carbocycles. The Bertz CT molecular complexity index is 870. The van der Waals surface area contributed by atoms with Gasteiger partial charge in [0, 0.05) is 44.3 Å². The van der Waals surface area contributed by atoms with E-state index in [1.54, 1.807) is 26.3 Å². The van der Waals surface area contributed by atoms with Crippen LogP contribution < -0.4 is 15.4 Å². The molecule has 0 unspecified atom stereocenters. The molecule has 1 aliphatic heterocycles. The van der Waals surface area contributed by atoms with Crippen molar-refractivity contribution in [2.45, 2.75) is 31.6 Å². The van der Waals surface area contributed by atoms with Gasteiger partial charge in [-0.1, -0.05) is 29.8 Å². The lowest BCUT2D eigenvalue weighted by atomic mass is 9.73. The second-order valence-electron chi connectivity index (χ2n) is 7.83. The molecule has 3 rings (SSSR count). The van der Waals surface area contributed by atoms with Gasteiger partial charge >= 0.3 is 0 Å². The number of nitrogens with zero attached hydrogens (tertiary/aromatic N) is 1. The average molecular weight is 541 g/mol. The molecule has 0 atom stereocenters. The molecule has 1 fully saturated rings. The van der Waals surface area contributed by atoms with Gasteiger partial charge in [0.15, 0.2) is 5.96 Å². The third-order valence-electron chi connectivity index (χ3n) is 5.79. The van der Waals surface area contributed by atoms with Gasteiger partial charge in [0.25, 0.3) is 0 Å². The number of halogens is 2. The van der Waals surface area contributed by atoms with Gasteiger partial charge in [0.05, 0.1) is 7.11 Å². The Morgan fingerprint density at radius 3 is 2.61 bits per heavy atom. The van der Waals surface area contributed by atoms with E-state index in [1.165, 1.54) is 17.2 Å². The summed E-state index contributed by atoms with van der Waals surface area (Å²) in [5.74, 6) is 1.45. The van der Waals surface area contributed by atoms with Crippen molar-refractivity contribution < 1.29 is 13.9 Å². The number of hydrogen-bond donors (Lipinski definition) is 2. The molecule has 0 bridgehead atoms. The Morgan fingerprint density at radius 2 is 1.94 bits per heavy atom. The molecule has 0 aromatic heterocycles. The van der Waals surface area contributed by atoms with Crippen LogP contribution >= 0.6 is 24.0 Å². The van der Waals surface area contributed by atoms with Crippen molar-refractivity contribution >= 4 is 29.9 Å². The fourth-order valence-corrected chi connectivity index (χ4v) is 4.03. The summed E-state index contributed by atoms with van der Waals surface area (Å²) in [4.78, 5) is 4.36. The molecule has 0 amide bonds. The molecule has 2 aromatic carbocycles. The van der Waals surface area contributed by atoms with Gasteiger partial charge in [-0.3, -0.25) is 4.99 Å². The Kier molecular flexibility index (Phi) is 10.0. The van der Waals surface area contributed by atoms with Crippen LogP contribution in [0.3, 0.4) is 0 Å². The van der Waals surface area contributed by atoms with Crippen molar-refractivity contribution in [2.24, 2.45) is 4.99 Å². The van der Waals surface area contributed by atoms with Gasteiger partial charge in [-0.05, 0) is 49.9 Å². The highest BCUT2D eigenvalue weighted by atomic mass is 127. The van der Waals surface area contributed by atoms with Crippen molar-refractivity contribution in [2.75, 3.05) is 40.5 Å². The Morgan fingerprint density at radius 1 is 1.16 bits per heavy atom. The molecule has 0 radical (unpaired) electrons. The van der Waals surface area contributed by atoms with Crippen LogP contribution in [0.5, 0.6) is 5.75 Å². The number of aliphatic imine (C=N–C) groups is 1. The summed E-state index contributed by atoms with van der Waals surface area (Å²) in [7, 11) is 3.49. The Hall–Kier alpha value is -1.87. The number of hydrogen-bond acceptors (Lipinski definition) is 3. The lowest BCUT2D eigenvalue weighted by Gasteiger charge is -2.39. The summed E-state index contributed by atoms with van der Waals surface area (Å²) in [6, 6.07) is 13.1. The number of guanidine groups is 1. The zero-order valence-electron chi connectivity index (χ0n) is 18.5. The molecule has 1 aliphatic rings. The number of aryl methyl sites for hydroxylation is 1. The molecular weight excluding hydrogens is 508 g/mol. The van der Waals surface area contributed by atoms with E-state index in [9.17, 15) is 4.39 Å². The Balaban J connectivity index is 0.00000341. The predicted molar refractivity (Wildman–Crippen MR) is 134 cm³/mol. The van der Waals surface area contributed by atoms with Crippen molar-refractivity contribution in [3.63, 3.8) is 0 Å². The lowest BCUT2D eigenvalue weighted by Crippen LogP contribution is -2.48. The monoisotopic (exact) mass is 541 g/mol. The molecule has 31 heavy (non-hydrogen) atoms. The molecule has 1 saturated heterocycles. The predicted octanol–water partition coefficient (Wildman–Crippen LogP) is 4.22. The first-order valence-corrected chi connectivity index (χ1v) is 10.5. The zero-order chi connectivity index (χ0) is 21.4. The number of methoxy groups -OCH3 is 1. The van der Waals surface area contributed by atoms with E-state index in [-0.39, 0.29) is 35.2 Å². The van der Waals surface area contributed by atoms with E-state index >= 15 is 0 Å². The molecule has 2 aromatic rings. The molecule has 0 aliphatic carbocycles. The first-order chi connectivity index (χ1) is 14.6. The van der Waals surface area contributed by atoms with E-state index in [4.69, 9.17) is 9.47 Å². The molecular formula is C24H33FIN3O2. The minimum atomic E-state index is -0.205. The summed E-state index contributed by atoms with van der Waals surface area (Å²) >= 11 is 0. The SMILES string of the molecule is CN=C(NCCc1cccc(F)c1)NCC1(c2cc(C)ccc2OC)CCOCC1.I. The summed E-state index contributed by atoms with van der Waals surface area (Å²) < 4.78 is 24.7. The zero-order valence-corrected chi connectivity index (χ0v) is 20.9. The summed E-state index contributed by atoms with van der Waals surface area (Å²) in [6.45, 7) is 4.97. The molecule has 1 heterocycles. The van der Waals surface area contributed by atoms with E-state index in [0.717, 1.165) is 56.3 Å². The summed E-state index contributed by atoms with van der Waals surface area (Å²) in [6.07, 6.45) is 2.56. The second kappa shape index (κ2) is 12.2. The van der Waals surface area contributed by atoms with Crippen LogP contribution in [0.4, 0.5) is 4.39 Å². The quantitative estimate of drug-likeness (QED) is 0.313. The second-order valence-corrected chi connectivity index (χ2v) is 7.83. The van der Waals surface area contributed by atoms with Crippen LogP contribution in [0.15, 0.2) is 47.5 Å². The fraction of sp³-hybridized carbons (Fsp3) is 0.458. The first-order valence-electron chi connectivity index (χ1n) is 10.5. The molecule has 7 heteroatoms. The smallest absolute Gasteiger partial charge is 0.191 e. The van der Waals surface area contributed by atoms with Gasteiger partial charge in [-0.2, -0.15) is 0 Å². The molecule has 170 valence electrons. The number of nitrogens with one attached hydrogen (secondary N) is 2. The van der Waals surface area contributed by atoms with Gasteiger partial charge in [-0.25, -0.2) is 4.39 Å². The van der Waals surface area contributed by atoms with Gasteiger partial charge < -0.3 is 20.1 Å². The van der Waals surface area contributed by atoms with Gasteiger partial charge in [0.2, 0.25) is 0 Å². The maximum absolute atomic E-state index is 13.4. The van der Waals surface area contributed by atoms with E-state index in [2.05, 4.69) is 34.7 Å². The Labute approximate surface area is 201 Å². The maximum atomic E-state index is 13.4. The first kappa shape index (κ1) is 25.4. The number of benzene rings is 2. The van der Waals surface area contributed by atoms with Crippen LogP contribution in [0.2, 0.25) is 0 Å². The summed E-state index contributed by atoms with van der Waals surface area (Å²) in [5.41, 5.74) is 3.31. The standard InChI is InChI=1S/C24H32FN3O2.HI/c1-18-7-8-22(29-3)21(15-18)24(10-13-30-14-11-24)17-28-23(26-2)27-12-9-19-5-4-6-20(25)16-19;/h4-8,15-16H,9-14,17H2,1-3H3,(H2,26,27,28);1H. The highest BCUT2D eigenvalue weighted by Gasteiger charge is 2.37. The van der Waals surface area contributed by atoms with Crippen molar-refractivity contribution in [1.29, 1.82) is 0 Å². The number of ether oxygens (including phenoxy) is 2. The minimum Gasteiger partial charge on any atom is -0.496 e. The molecule has 2 N–H and O–H groups in total. The van der Waals surface area contributed by atoms with Gasteiger partial charge in [0.1, 0.15) is 11.6 Å². The van der Waals surface area contributed by atoms with E-state index in [0.29, 0.717) is 6.54 Å². The van der Waals surface area contributed by atoms with Crippen molar-refractivity contribution in [3.8, 4) is 5.75 Å². The molecule has 5 nitrogen and oxygen atoms in total. The normalized spacial score (nSPS) is 15.7. The van der Waals surface area contributed by atoms with E-state index < -0.39 is 0 Å². The largest absolute Gasteiger partial charge is 0.496 e. The topological polar surface area (TPSA) is 54.9 Å². The van der Waals surface area contributed by atoms with Crippen molar-refractivity contribution in [3.05, 3.63) is 65.0 Å². The third kappa shape index (κ3) is 6.80. The van der Waals surface area contributed by atoms with Crippen LogP contribution in [0.1, 0.15) is 29.5 Å². The number of rotatable bonds is 7. The van der Waals surface area contributed by atoms with Crippen LogP contribution in [-0.4, -0.2) is 46.4 Å². The van der Waals surface area contributed by atoms with Crippen LogP contribution in [-0.2, 0) is 16.6 Å². The maximum Gasteiger partial charge on any atom is 0.191 e. The van der Waals surface area contributed by atoms with Crippen LogP contribution in [0.25, 0.3) is 0 Å². The lowest BCUT2D eigenvalue weighted by molar-refractivity contribution is 0.0505. The highest BCUT2D eigenvalue weighted by molar-refractivity contribution is 14.0. The van der Waals surface area contributed by atoms with E-state index in [1.807, 2.05) is 12.1 Å². The summed E-state index contributed by atoms with van der Waals surface area (Å²) in [5, 5.41) is 6.84. The average Bonchev–Trinajstić information content (AvgIpc) is 2.77. The third-order valence-corrected chi connectivity index (χ3v) is 5.79. The van der Waals surface area contributed by atoms with Crippen molar-refractivity contribution in [1.82, 2.24) is 10.6 Å². The molecule has 0 spiro atoms. The highest BCUT2D eigenvalue weighted by Crippen LogP contribution is 2.40. The minimum absolute atomic E-state index is 0. The fourth-order valence-electron chi connectivity index (χ4n) is 4.03. The van der Waals surface area contributed by atoms with Crippen LogP contribution in [0, 0.1) is 12.7 Å².